The van der Waals surface area contributed by atoms with Crippen molar-refractivity contribution in [2.75, 3.05) is 26.3 Å². The second-order valence-corrected chi connectivity index (χ2v) is 7.96. The molecule has 1 fully saturated rings. The summed E-state index contributed by atoms with van der Waals surface area (Å²) in [6.45, 7) is 5.11. The monoisotopic (exact) mass is 432 g/mol. The number of hydrogen-bond acceptors (Lipinski definition) is 6. The van der Waals surface area contributed by atoms with E-state index in [-0.39, 0.29) is 30.9 Å². The van der Waals surface area contributed by atoms with Gasteiger partial charge in [-0.2, -0.15) is 5.26 Å². The van der Waals surface area contributed by atoms with Crippen molar-refractivity contribution in [1.29, 1.82) is 10.7 Å². The average Bonchev–Trinajstić information content (AvgIpc) is 2.77. The van der Waals surface area contributed by atoms with Gasteiger partial charge in [-0.25, -0.2) is 0 Å². The third-order valence-electron chi connectivity index (χ3n) is 5.75. The SMILES string of the molecule is C/C(C(=N)OCCCO)=C(/N)c1cc(C(=O)N2CC(c3ccc(C#N)cc3)C2)ccc1C. The van der Waals surface area contributed by atoms with Gasteiger partial charge in [0.2, 0.25) is 5.90 Å². The van der Waals surface area contributed by atoms with Crippen molar-refractivity contribution < 1.29 is 14.6 Å². The van der Waals surface area contributed by atoms with Gasteiger partial charge in [0.15, 0.2) is 0 Å². The van der Waals surface area contributed by atoms with E-state index < -0.39 is 0 Å². The van der Waals surface area contributed by atoms with Gasteiger partial charge in [-0.05, 0) is 49.2 Å². The third kappa shape index (κ3) is 4.98. The standard InChI is InChI=1S/C25H28N4O3/c1-16-4-7-20(12-22(16)23(27)17(2)24(28)32-11-3-10-30)25(31)29-14-21(15-29)19-8-5-18(13-26)6-9-19/h4-9,12,21,28,30H,3,10-11,14-15,27H2,1-2H3/b23-17-,28-24?. The van der Waals surface area contributed by atoms with E-state index in [0.717, 1.165) is 11.1 Å². The summed E-state index contributed by atoms with van der Waals surface area (Å²) >= 11 is 0. The lowest BCUT2D eigenvalue weighted by Crippen LogP contribution is -2.48. The zero-order chi connectivity index (χ0) is 23.3. The lowest BCUT2D eigenvalue weighted by molar-refractivity contribution is 0.0602. The molecule has 166 valence electrons. The molecular formula is C25H28N4O3. The highest BCUT2D eigenvalue weighted by Crippen LogP contribution is 2.29. The number of rotatable bonds is 7. The maximum atomic E-state index is 13.0. The molecule has 0 radical (unpaired) electrons. The first-order chi connectivity index (χ1) is 15.3. The maximum Gasteiger partial charge on any atom is 0.253 e. The number of carbonyl (C=O) groups is 1. The quantitative estimate of drug-likeness (QED) is 0.352. The molecule has 0 spiro atoms. The molecule has 32 heavy (non-hydrogen) atoms. The highest BCUT2D eigenvalue weighted by Gasteiger charge is 2.32. The van der Waals surface area contributed by atoms with E-state index in [0.29, 0.717) is 47.5 Å². The summed E-state index contributed by atoms with van der Waals surface area (Å²) in [6.07, 6.45) is 0.442. The molecule has 0 bridgehead atoms. The first kappa shape index (κ1) is 23.0. The molecular weight excluding hydrogens is 404 g/mol. The highest BCUT2D eigenvalue weighted by atomic mass is 16.5. The van der Waals surface area contributed by atoms with Crippen LogP contribution in [0.15, 0.2) is 48.0 Å². The molecule has 2 aromatic carbocycles. The fourth-order valence-electron chi connectivity index (χ4n) is 3.58. The molecule has 3 rings (SSSR count). The van der Waals surface area contributed by atoms with Gasteiger partial charge in [0.05, 0.1) is 18.2 Å². The zero-order valence-electron chi connectivity index (χ0n) is 18.4. The predicted octanol–water partition coefficient (Wildman–Crippen LogP) is 3.17. The summed E-state index contributed by atoms with van der Waals surface area (Å²) < 4.78 is 5.33. The number of aliphatic hydroxyl groups is 1. The minimum Gasteiger partial charge on any atom is -0.478 e. The van der Waals surface area contributed by atoms with Crippen LogP contribution in [0.1, 0.15) is 51.9 Å². The van der Waals surface area contributed by atoms with Gasteiger partial charge in [-0.3, -0.25) is 10.2 Å². The number of hydrogen-bond donors (Lipinski definition) is 3. The molecule has 0 aliphatic carbocycles. The second kappa shape index (κ2) is 10.1. The number of benzene rings is 2. The summed E-state index contributed by atoms with van der Waals surface area (Å²) in [5, 5.41) is 25.9. The van der Waals surface area contributed by atoms with E-state index in [1.165, 1.54) is 0 Å². The van der Waals surface area contributed by atoms with E-state index >= 15 is 0 Å². The Morgan fingerprint density at radius 1 is 1.28 bits per heavy atom. The summed E-state index contributed by atoms with van der Waals surface area (Å²) in [7, 11) is 0. The van der Waals surface area contributed by atoms with Crippen LogP contribution >= 0.6 is 0 Å². The van der Waals surface area contributed by atoms with Crippen molar-refractivity contribution in [3.63, 3.8) is 0 Å². The molecule has 1 aliphatic rings. The van der Waals surface area contributed by atoms with E-state index in [4.69, 9.17) is 26.2 Å². The molecule has 1 amide bonds. The Labute approximate surface area is 188 Å². The van der Waals surface area contributed by atoms with Crippen LogP contribution in [0.25, 0.3) is 5.70 Å². The van der Waals surface area contributed by atoms with Crippen LogP contribution in [0.5, 0.6) is 0 Å². The maximum absolute atomic E-state index is 13.0. The van der Waals surface area contributed by atoms with Gasteiger partial charge in [0.1, 0.15) is 0 Å². The van der Waals surface area contributed by atoms with E-state index in [2.05, 4.69) is 6.07 Å². The second-order valence-electron chi connectivity index (χ2n) is 7.96. The Hall–Kier alpha value is -3.63. The number of nitrogens with two attached hydrogens (primary N) is 1. The normalized spacial score (nSPS) is 14.2. The fourth-order valence-corrected chi connectivity index (χ4v) is 3.58. The van der Waals surface area contributed by atoms with Crippen molar-refractivity contribution in [1.82, 2.24) is 4.90 Å². The minimum absolute atomic E-state index is 0.00266. The summed E-state index contributed by atoms with van der Waals surface area (Å²) in [6, 6.07) is 15.0. The Morgan fingerprint density at radius 3 is 2.59 bits per heavy atom. The van der Waals surface area contributed by atoms with Crippen molar-refractivity contribution in [3.05, 3.63) is 75.9 Å². The van der Waals surface area contributed by atoms with Crippen LogP contribution in [0.4, 0.5) is 0 Å². The summed E-state index contributed by atoms with van der Waals surface area (Å²) in [5.74, 6) is 0.163. The van der Waals surface area contributed by atoms with Gasteiger partial charge in [-0.1, -0.05) is 18.2 Å². The van der Waals surface area contributed by atoms with Crippen LogP contribution in [0.2, 0.25) is 0 Å². The van der Waals surface area contributed by atoms with Crippen LogP contribution in [0, 0.1) is 23.7 Å². The van der Waals surface area contributed by atoms with Gasteiger partial charge < -0.3 is 20.5 Å². The Balaban J connectivity index is 1.71. The molecule has 0 atom stereocenters. The topological polar surface area (TPSA) is 123 Å². The van der Waals surface area contributed by atoms with Crippen LogP contribution in [-0.2, 0) is 4.74 Å². The number of aliphatic hydroxyl groups excluding tert-OH is 1. The van der Waals surface area contributed by atoms with E-state index in [9.17, 15) is 4.79 Å². The minimum atomic E-state index is -0.0594. The Bertz CT molecular complexity index is 1080. The molecule has 7 heteroatoms. The first-order valence-electron chi connectivity index (χ1n) is 10.5. The highest BCUT2D eigenvalue weighted by molar-refractivity contribution is 6.00. The van der Waals surface area contributed by atoms with Gasteiger partial charge >= 0.3 is 0 Å². The number of carbonyl (C=O) groups excluding carboxylic acids is 1. The lowest BCUT2D eigenvalue weighted by Gasteiger charge is -2.39. The lowest BCUT2D eigenvalue weighted by atomic mass is 9.90. The van der Waals surface area contributed by atoms with E-state index in [1.807, 2.05) is 25.1 Å². The van der Waals surface area contributed by atoms with E-state index in [1.54, 1.807) is 36.1 Å². The van der Waals surface area contributed by atoms with Gasteiger partial charge in [-0.15, -0.1) is 0 Å². The van der Waals surface area contributed by atoms with Crippen molar-refractivity contribution in [2.24, 2.45) is 5.73 Å². The van der Waals surface area contributed by atoms with Gasteiger partial charge in [0.25, 0.3) is 5.91 Å². The average molecular weight is 433 g/mol. The molecule has 2 aromatic rings. The van der Waals surface area contributed by atoms with Crippen LogP contribution < -0.4 is 5.73 Å². The number of aryl methyl sites for hydroxylation is 1. The number of likely N-dealkylation sites (tertiary alicyclic amines) is 1. The number of amides is 1. The van der Waals surface area contributed by atoms with Crippen LogP contribution in [-0.4, -0.2) is 48.1 Å². The number of nitriles is 1. The van der Waals surface area contributed by atoms with Crippen LogP contribution in [0.3, 0.4) is 0 Å². The zero-order valence-corrected chi connectivity index (χ0v) is 18.4. The third-order valence-corrected chi connectivity index (χ3v) is 5.75. The smallest absolute Gasteiger partial charge is 0.253 e. The van der Waals surface area contributed by atoms with Crippen molar-refractivity contribution in [3.8, 4) is 6.07 Å². The predicted molar refractivity (Wildman–Crippen MR) is 123 cm³/mol. The number of nitrogens with one attached hydrogen (secondary N) is 1. The summed E-state index contributed by atoms with van der Waals surface area (Å²) in [4.78, 5) is 14.8. The first-order valence-corrected chi connectivity index (χ1v) is 10.5. The van der Waals surface area contributed by atoms with Crippen molar-refractivity contribution in [2.45, 2.75) is 26.2 Å². The fraction of sp³-hybridized carbons (Fsp3) is 0.320. The molecule has 7 nitrogen and oxygen atoms in total. The molecule has 0 aromatic heterocycles. The molecule has 1 aliphatic heterocycles. The summed E-state index contributed by atoms with van der Waals surface area (Å²) in [5.41, 5.74) is 11.1. The molecule has 1 saturated heterocycles. The Morgan fingerprint density at radius 2 is 1.97 bits per heavy atom. The number of nitrogens with zero attached hydrogens (tertiary/aromatic N) is 2. The molecule has 0 unspecified atom stereocenters. The van der Waals surface area contributed by atoms with Gasteiger partial charge in [0, 0.05) is 54.4 Å². The molecule has 0 saturated carbocycles. The number of ether oxygens (including phenoxy) is 1. The Kier molecular flexibility index (Phi) is 7.29. The van der Waals surface area contributed by atoms with Crippen molar-refractivity contribution >= 4 is 17.5 Å². The largest absolute Gasteiger partial charge is 0.478 e. The molecule has 1 heterocycles. The molecule has 4 N–H and O–H groups in total.